The summed E-state index contributed by atoms with van der Waals surface area (Å²) in [5, 5.41) is 10.1. The maximum absolute atomic E-state index is 13.0. The van der Waals surface area contributed by atoms with Crippen LogP contribution in [0, 0.1) is 11.7 Å². The molecule has 0 aromatic heterocycles. The molecule has 1 aliphatic rings. The Morgan fingerprint density at radius 1 is 1.33 bits per heavy atom. The summed E-state index contributed by atoms with van der Waals surface area (Å²) >= 11 is 3.14. The lowest BCUT2D eigenvalue weighted by atomic mass is 9.94. The second kappa shape index (κ2) is 4.62. The van der Waals surface area contributed by atoms with E-state index < -0.39 is 6.10 Å². The lowest BCUT2D eigenvalue weighted by molar-refractivity contribution is 0.111. The minimum Gasteiger partial charge on any atom is -0.388 e. The Balaban J connectivity index is 2.17. The first-order chi connectivity index (χ1) is 7.18. The zero-order valence-electron chi connectivity index (χ0n) is 8.42. The molecule has 3 heteroatoms. The second-order valence-corrected chi connectivity index (χ2v) is 5.02. The van der Waals surface area contributed by atoms with Crippen molar-refractivity contribution in [2.75, 3.05) is 0 Å². The van der Waals surface area contributed by atoms with Gasteiger partial charge in [-0.1, -0.05) is 18.9 Å². The average Bonchev–Trinajstić information content (AvgIpc) is 2.74. The van der Waals surface area contributed by atoms with Gasteiger partial charge in [0.05, 0.1) is 10.6 Å². The Kier molecular flexibility index (Phi) is 3.42. The van der Waals surface area contributed by atoms with Gasteiger partial charge in [0.2, 0.25) is 0 Å². The number of aliphatic hydroxyl groups excluding tert-OH is 1. The zero-order chi connectivity index (χ0) is 10.8. The molecule has 1 aromatic rings. The Labute approximate surface area is 97.4 Å². The molecule has 1 saturated carbocycles. The predicted octanol–water partition coefficient (Wildman–Crippen LogP) is 3.81. The molecule has 0 saturated heterocycles. The maximum atomic E-state index is 13.0. The Hall–Kier alpha value is -0.410. The third-order valence-corrected chi connectivity index (χ3v) is 3.74. The molecule has 2 rings (SSSR count). The summed E-state index contributed by atoms with van der Waals surface area (Å²) in [4.78, 5) is 0. The molecule has 1 N–H and O–H groups in total. The number of halogens is 2. The van der Waals surface area contributed by atoms with Crippen LogP contribution in [0.15, 0.2) is 22.7 Å². The highest BCUT2D eigenvalue weighted by Crippen LogP contribution is 2.36. The molecule has 1 atom stereocenters. The van der Waals surface area contributed by atoms with Crippen LogP contribution in [0.3, 0.4) is 0 Å². The van der Waals surface area contributed by atoms with E-state index in [-0.39, 0.29) is 5.82 Å². The van der Waals surface area contributed by atoms with Gasteiger partial charge in [0.25, 0.3) is 0 Å². The van der Waals surface area contributed by atoms with E-state index in [1.165, 1.54) is 18.9 Å². The molecule has 0 heterocycles. The topological polar surface area (TPSA) is 20.2 Å². The van der Waals surface area contributed by atoms with Crippen molar-refractivity contribution in [3.05, 3.63) is 34.1 Å². The monoisotopic (exact) mass is 272 g/mol. The summed E-state index contributed by atoms with van der Waals surface area (Å²) < 4.78 is 13.4. The molecular weight excluding hydrogens is 259 g/mol. The number of rotatable bonds is 2. The highest BCUT2D eigenvalue weighted by molar-refractivity contribution is 9.10. The van der Waals surface area contributed by atoms with Crippen molar-refractivity contribution in [1.29, 1.82) is 0 Å². The van der Waals surface area contributed by atoms with Crippen LogP contribution in [0.4, 0.5) is 4.39 Å². The number of aliphatic hydroxyl groups is 1. The van der Waals surface area contributed by atoms with E-state index in [1.807, 2.05) is 0 Å². The highest BCUT2D eigenvalue weighted by atomic mass is 79.9. The Bertz CT molecular complexity index is 347. The molecule has 0 spiro atoms. The molecule has 1 fully saturated rings. The van der Waals surface area contributed by atoms with Crippen molar-refractivity contribution >= 4 is 15.9 Å². The van der Waals surface area contributed by atoms with Gasteiger partial charge in [0, 0.05) is 0 Å². The predicted molar refractivity (Wildman–Crippen MR) is 61.0 cm³/mol. The van der Waals surface area contributed by atoms with E-state index in [2.05, 4.69) is 15.9 Å². The summed E-state index contributed by atoms with van der Waals surface area (Å²) in [7, 11) is 0. The van der Waals surface area contributed by atoms with Gasteiger partial charge in [-0.25, -0.2) is 4.39 Å². The molecule has 0 radical (unpaired) electrons. The van der Waals surface area contributed by atoms with E-state index in [9.17, 15) is 9.50 Å². The van der Waals surface area contributed by atoms with Crippen LogP contribution in [-0.2, 0) is 0 Å². The molecule has 0 amide bonds. The number of hydrogen-bond acceptors (Lipinski definition) is 1. The molecule has 0 bridgehead atoms. The Morgan fingerprint density at radius 3 is 2.60 bits per heavy atom. The van der Waals surface area contributed by atoms with Crippen LogP contribution < -0.4 is 0 Å². The van der Waals surface area contributed by atoms with Crippen LogP contribution in [0.25, 0.3) is 0 Å². The van der Waals surface area contributed by atoms with E-state index >= 15 is 0 Å². The van der Waals surface area contributed by atoms with Gasteiger partial charge in [0.15, 0.2) is 0 Å². The van der Waals surface area contributed by atoms with Crippen molar-refractivity contribution in [3.63, 3.8) is 0 Å². The molecule has 1 aromatic carbocycles. The first kappa shape index (κ1) is 11.1. The molecular formula is C12H14BrFO. The number of benzene rings is 1. The molecule has 0 aliphatic heterocycles. The average molecular weight is 273 g/mol. The summed E-state index contributed by atoms with van der Waals surface area (Å²) in [5.41, 5.74) is 0.815. The fraction of sp³-hybridized carbons (Fsp3) is 0.500. The quantitative estimate of drug-likeness (QED) is 0.868. The SMILES string of the molecule is O[C@H](c1ccc(F)c(Br)c1)C1CCCC1. The molecule has 0 unspecified atom stereocenters. The fourth-order valence-corrected chi connectivity index (χ4v) is 2.64. The van der Waals surface area contributed by atoms with E-state index in [0.29, 0.717) is 10.4 Å². The van der Waals surface area contributed by atoms with Crippen molar-refractivity contribution in [2.24, 2.45) is 5.92 Å². The normalized spacial score (nSPS) is 19.4. The van der Waals surface area contributed by atoms with Crippen LogP contribution >= 0.6 is 15.9 Å². The van der Waals surface area contributed by atoms with Crippen LogP contribution in [-0.4, -0.2) is 5.11 Å². The Morgan fingerprint density at radius 2 is 2.00 bits per heavy atom. The zero-order valence-corrected chi connectivity index (χ0v) is 10.0. The first-order valence-electron chi connectivity index (χ1n) is 5.31. The van der Waals surface area contributed by atoms with Gasteiger partial charge in [0.1, 0.15) is 5.82 Å². The van der Waals surface area contributed by atoms with Crippen LogP contribution in [0.2, 0.25) is 0 Å². The smallest absolute Gasteiger partial charge is 0.137 e. The molecule has 1 nitrogen and oxygen atoms in total. The first-order valence-corrected chi connectivity index (χ1v) is 6.11. The van der Waals surface area contributed by atoms with Gasteiger partial charge in [-0.3, -0.25) is 0 Å². The van der Waals surface area contributed by atoms with E-state index in [4.69, 9.17) is 0 Å². The number of hydrogen-bond donors (Lipinski definition) is 1. The van der Waals surface area contributed by atoms with E-state index in [1.54, 1.807) is 12.1 Å². The lowest BCUT2D eigenvalue weighted by Crippen LogP contribution is -2.08. The van der Waals surface area contributed by atoms with Gasteiger partial charge in [-0.2, -0.15) is 0 Å². The summed E-state index contributed by atoms with van der Waals surface area (Å²) in [6, 6.07) is 4.75. The standard InChI is InChI=1S/C12H14BrFO/c13-10-7-9(5-6-11(10)14)12(15)8-3-1-2-4-8/h5-8,12,15H,1-4H2/t12-/m0/s1. The van der Waals surface area contributed by atoms with Crippen LogP contribution in [0.5, 0.6) is 0 Å². The highest BCUT2D eigenvalue weighted by Gasteiger charge is 2.24. The summed E-state index contributed by atoms with van der Waals surface area (Å²) in [6.07, 6.45) is 4.12. The summed E-state index contributed by atoms with van der Waals surface area (Å²) in [5.74, 6) is 0.0692. The van der Waals surface area contributed by atoms with Crippen molar-refractivity contribution in [1.82, 2.24) is 0 Å². The van der Waals surface area contributed by atoms with Crippen LogP contribution in [0.1, 0.15) is 37.4 Å². The third-order valence-electron chi connectivity index (χ3n) is 3.13. The van der Waals surface area contributed by atoms with Crippen molar-refractivity contribution < 1.29 is 9.50 Å². The minimum atomic E-state index is -0.440. The van der Waals surface area contributed by atoms with Gasteiger partial charge >= 0.3 is 0 Å². The van der Waals surface area contributed by atoms with Gasteiger partial charge < -0.3 is 5.11 Å². The third kappa shape index (κ3) is 2.40. The lowest BCUT2D eigenvalue weighted by Gasteiger charge is -2.18. The minimum absolute atomic E-state index is 0.280. The second-order valence-electron chi connectivity index (χ2n) is 4.16. The largest absolute Gasteiger partial charge is 0.388 e. The fourth-order valence-electron chi connectivity index (χ4n) is 2.24. The van der Waals surface area contributed by atoms with Crippen molar-refractivity contribution in [3.8, 4) is 0 Å². The van der Waals surface area contributed by atoms with Gasteiger partial charge in [-0.15, -0.1) is 0 Å². The van der Waals surface area contributed by atoms with Gasteiger partial charge in [-0.05, 0) is 52.4 Å². The van der Waals surface area contributed by atoms with E-state index in [0.717, 1.165) is 18.4 Å². The summed E-state index contributed by atoms with van der Waals surface area (Å²) in [6.45, 7) is 0. The molecule has 1 aliphatic carbocycles. The maximum Gasteiger partial charge on any atom is 0.137 e. The molecule has 15 heavy (non-hydrogen) atoms. The van der Waals surface area contributed by atoms with Crippen molar-refractivity contribution in [2.45, 2.75) is 31.8 Å². The molecule has 82 valence electrons.